The van der Waals surface area contributed by atoms with Gasteiger partial charge in [0.1, 0.15) is 17.2 Å². The number of fused-ring (bicyclic) bond motifs is 1. The van der Waals surface area contributed by atoms with Gasteiger partial charge in [0.2, 0.25) is 17.8 Å². The molecular formula is C23H29F2N7O2. The highest BCUT2D eigenvalue weighted by atomic mass is 19.1. The Morgan fingerprint density at radius 1 is 1.12 bits per heavy atom. The number of anilines is 3. The fraction of sp³-hybridized carbons (Fsp3) is 0.478. The highest BCUT2D eigenvalue weighted by Crippen LogP contribution is 2.32. The van der Waals surface area contributed by atoms with Gasteiger partial charge in [-0.05, 0) is 31.4 Å². The summed E-state index contributed by atoms with van der Waals surface area (Å²) in [6.07, 6.45) is 8.21. The Hall–Kier alpha value is -3.34. The minimum absolute atomic E-state index is 0. The second kappa shape index (κ2) is 9.88. The predicted octanol–water partition coefficient (Wildman–Crippen LogP) is 3.56. The number of rotatable bonds is 5. The average Bonchev–Trinajstić information content (AvgIpc) is 3.41. The first-order chi connectivity index (χ1) is 16.0. The zero-order valence-corrected chi connectivity index (χ0v) is 19.0. The van der Waals surface area contributed by atoms with Crippen LogP contribution in [0.4, 0.5) is 26.4 Å². The number of carbonyl (C=O) groups excluding carboxylic acids is 1. The molecule has 1 saturated heterocycles. The molecule has 5 rings (SSSR count). The normalized spacial score (nSPS) is 18.7. The average molecular weight is 474 g/mol. The number of hydrogen-bond donors (Lipinski definition) is 2. The topological polar surface area (TPSA) is 119 Å². The van der Waals surface area contributed by atoms with Gasteiger partial charge in [0.05, 0.1) is 17.9 Å². The van der Waals surface area contributed by atoms with Crippen LogP contribution in [0.5, 0.6) is 0 Å². The van der Waals surface area contributed by atoms with E-state index in [-0.39, 0.29) is 23.1 Å². The first-order valence-corrected chi connectivity index (χ1v) is 11.5. The Kier molecular flexibility index (Phi) is 6.92. The molecule has 4 N–H and O–H groups in total. The molecule has 0 bridgehead atoms. The van der Waals surface area contributed by atoms with Crippen LogP contribution in [0.3, 0.4) is 0 Å². The number of hydrogen-bond acceptors (Lipinski definition) is 6. The van der Waals surface area contributed by atoms with Crippen LogP contribution in [0.25, 0.3) is 11.2 Å². The molecule has 0 unspecified atom stereocenters. The van der Waals surface area contributed by atoms with Crippen molar-refractivity contribution in [2.45, 2.75) is 57.5 Å². The van der Waals surface area contributed by atoms with E-state index in [9.17, 15) is 13.6 Å². The zero-order valence-electron chi connectivity index (χ0n) is 19.0. The van der Waals surface area contributed by atoms with E-state index in [2.05, 4.69) is 20.6 Å². The second-order valence-corrected chi connectivity index (χ2v) is 8.84. The summed E-state index contributed by atoms with van der Waals surface area (Å²) in [5, 5.41) is 6.44. The van der Waals surface area contributed by atoms with Crippen LogP contribution in [-0.4, -0.2) is 54.9 Å². The number of nitrogens with zero attached hydrogens (tertiary/aromatic N) is 5. The first kappa shape index (κ1) is 23.8. The molecule has 182 valence electrons. The molecule has 1 aliphatic heterocycles. The number of likely N-dealkylation sites (tertiary alicyclic amines) is 1. The highest BCUT2D eigenvalue weighted by molar-refractivity contribution is 5.77. The molecule has 0 spiro atoms. The molecule has 9 nitrogen and oxygen atoms in total. The smallest absolute Gasteiger partial charge is 0.224 e. The largest absolute Gasteiger partial charge is 0.412 e. The number of nitrogens with one attached hydrogen (secondary N) is 2. The summed E-state index contributed by atoms with van der Waals surface area (Å²) in [4.78, 5) is 27.5. The van der Waals surface area contributed by atoms with Crippen LogP contribution in [0.15, 0.2) is 24.4 Å². The Morgan fingerprint density at radius 3 is 2.62 bits per heavy atom. The molecule has 1 aromatic carbocycles. The molecule has 3 heterocycles. The van der Waals surface area contributed by atoms with E-state index < -0.39 is 11.6 Å². The van der Waals surface area contributed by atoms with Crippen LogP contribution >= 0.6 is 0 Å². The lowest BCUT2D eigenvalue weighted by molar-refractivity contribution is -0.127. The van der Waals surface area contributed by atoms with Gasteiger partial charge in [-0.1, -0.05) is 19.3 Å². The van der Waals surface area contributed by atoms with Gasteiger partial charge in [0.15, 0.2) is 5.65 Å². The summed E-state index contributed by atoms with van der Waals surface area (Å²) in [7, 11) is 0. The van der Waals surface area contributed by atoms with Crippen molar-refractivity contribution in [2.24, 2.45) is 0 Å². The molecule has 1 aliphatic carbocycles. The molecule has 2 fully saturated rings. The van der Waals surface area contributed by atoms with E-state index in [0.29, 0.717) is 42.2 Å². The number of imidazole rings is 1. The lowest BCUT2D eigenvalue weighted by Gasteiger charge is -2.22. The second-order valence-electron chi connectivity index (χ2n) is 8.84. The van der Waals surface area contributed by atoms with Crippen molar-refractivity contribution >= 4 is 34.7 Å². The fourth-order valence-electron chi connectivity index (χ4n) is 4.77. The van der Waals surface area contributed by atoms with E-state index in [1.54, 1.807) is 18.0 Å². The maximum absolute atomic E-state index is 14.4. The molecule has 1 saturated carbocycles. The van der Waals surface area contributed by atoms with Gasteiger partial charge >= 0.3 is 0 Å². The van der Waals surface area contributed by atoms with Crippen LogP contribution in [-0.2, 0) is 4.79 Å². The van der Waals surface area contributed by atoms with Gasteiger partial charge in [-0.25, -0.2) is 18.7 Å². The van der Waals surface area contributed by atoms with Crippen molar-refractivity contribution < 1.29 is 19.1 Å². The van der Waals surface area contributed by atoms with Crippen molar-refractivity contribution in [3.8, 4) is 0 Å². The van der Waals surface area contributed by atoms with Crippen LogP contribution in [0, 0.1) is 11.6 Å². The summed E-state index contributed by atoms with van der Waals surface area (Å²) < 4.78 is 29.7. The molecule has 2 aromatic heterocycles. The maximum Gasteiger partial charge on any atom is 0.224 e. The van der Waals surface area contributed by atoms with Gasteiger partial charge in [0, 0.05) is 32.1 Å². The lowest BCUT2D eigenvalue weighted by atomic mass is 9.96. The Labute approximate surface area is 195 Å². The van der Waals surface area contributed by atoms with Crippen molar-refractivity contribution in [2.75, 3.05) is 23.7 Å². The predicted molar refractivity (Wildman–Crippen MR) is 125 cm³/mol. The van der Waals surface area contributed by atoms with E-state index in [4.69, 9.17) is 4.98 Å². The summed E-state index contributed by atoms with van der Waals surface area (Å²) in [6.45, 7) is 2.69. The van der Waals surface area contributed by atoms with Crippen LogP contribution < -0.4 is 10.6 Å². The maximum atomic E-state index is 14.4. The molecule has 11 heteroatoms. The molecule has 3 aromatic rings. The fourth-order valence-corrected chi connectivity index (χ4v) is 4.77. The minimum Gasteiger partial charge on any atom is -0.412 e. The van der Waals surface area contributed by atoms with Gasteiger partial charge in [-0.2, -0.15) is 4.98 Å². The molecule has 1 amide bonds. The lowest BCUT2D eigenvalue weighted by Crippen LogP contribution is -2.26. The quantitative estimate of drug-likeness (QED) is 0.585. The van der Waals surface area contributed by atoms with Gasteiger partial charge in [0.25, 0.3) is 0 Å². The first-order valence-electron chi connectivity index (χ1n) is 11.5. The van der Waals surface area contributed by atoms with E-state index in [1.807, 2.05) is 4.57 Å². The summed E-state index contributed by atoms with van der Waals surface area (Å²) in [6, 6.07) is 3.62. The van der Waals surface area contributed by atoms with Crippen LogP contribution in [0.2, 0.25) is 0 Å². The zero-order chi connectivity index (χ0) is 22.9. The van der Waals surface area contributed by atoms with Gasteiger partial charge < -0.3 is 21.0 Å². The van der Waals surface area contributed by atoms with Crippen LogP contribution in [0.1, 0.15) is 51.5 Å². The highest BCUT2D eigenvalue weighted by Gasteiger charge is 2.30. The van der Waals surface area contributed by atoms with Crippen molar-refractivity contribution in [3.05, 3.63) is 36.0 Å². The standard InChI is InChI=1S/C23H27F2N7O.H2O/c1-14(33)31-10-9-17(13-31)32-21-20(12-26-22(30-21)27-16-5-3-2-4-6-16)29-23(32)28-19-8-7-15(24)11-18(19)25;/h7-8,11-12,16-17H,2-6,9-10,13H2,1H3,(H,28,29)(H,26,27,30);1H2/t17-;/m0./s1. The van der Waals surface area contributed by atoms with Crippen molar-refractivity contribution in [3.63, 3.8) is 0 Å². The third-order valence-corrected chi connectivity index (χ3v) is 6.52. The van der Waals surface area contributed by atoms with Gasteiger partial charge in [-0.15, -0.1) is 0 Å². The number of aromatic nitrogens is 4. The monoisotopic (exact) mass is 473 g/mol. The SMILES string of the molecule is CC(=O)N1CC[C@H](n2c(Nc3ccc(F)cc3F)nc3cnc(NC4CCCCC4)nc32)C1.O. The Balaban J connectivity index is 0.00000274. The van der Waals surface area contributed by atoms with E-state index >= 15 is 0 Å². The third-order valence-electron chi connectivity index (χ3n) is 6.52. The molecular weight excluding hydrogens is 444 g/mol. The summed E-state index contributed by atoms with van der Waals surface area (Å²) >= 11 is 0. The van der Waals surface area contributed by atoms with E-state index in [1.165, 1.54) is 31.4 Å². The van der Waals surface area contributed by atoms with Crippen molar-refractivity contribution in [1.29, 1.82) is 0 Å². The Bertz CT molecular complexity index is 1180. The van der Waals surface area contributed by atoms with Gasteiger partial charge in [-0.3, -0.25) is 9.36 Å². The number of carbonyl (C=O) groups is 1. The molecule has 1 atom stereocenters. The summed E-state index contributed by atoms with van der Waals surface area (Å²) in [5.74, 6) is -0.429. The Morgan fingerprint density at radius 2 is 1.91 bits per heavy atom. The molecule has 34 heavy (non-hydrogen) atoms. The van der Waals surface area contributed by atoms with Crippen molar-refractivity contribution in [1.82, 2.24) is 24.4 Å². The third kappa shape index (κ3) is 4.79. The summed E-state index contributed by atoms with van der Waals surface area (Å²) in [5.41, 5.74) is 1.29. The molecule has 2 aliphatic rings. The number of benzene rings is 1. The number of amides is 1. The minimum atomic E-state index is -0.712. The number of halogens is 2. The van der Waals surface area contributed by atoms with E-state index in [0.717, 1.165) is 25.3 Å². The molecule has 0 radical (unpaired) electrons.